The van der Waals surface area contributed by atoms with Crippen LogP contribution in [0.15, 0.2) is 0 Å². The fourth-order valence-corrected chi connectivity index (χ4v) is 3.26. The minimum atomic E-state index is 0.0592. The maximum atomic E-state index is 11.7. The average Bonchev–Trinajstić information content (AvgIpc) is 2.40. The predicted molar refractivity (Wildman–Crippen MR) is 73.5 cm³/mol. The van der Waals surface area contributed by atoms with Crippen LogP contribution >= 0.6 is 0 Å². The van der Waals surface area contributed by atoms with Crippen LogP contribution in [0.1, 0.15) is 46.0 Å². The van der Waals surface area contributed by atoms with Crippen molar-refractivity contribution in [3.63, 3.8) is 0 Å². The highest BCUT2D eigenvalue weighted by molar-refractivity contribution is 5.82. The number of carbonyl (C=O) groups excluding carboxylic acids is 1. The van der Waals surface area contributed by atoms with Crippen LogP contribution in [0, 0.1) is 0 Å². The summed E-state index contributed by atoms with van der Waals surface area (Å²) in [6.07, 6.45) is 6.20. The maximum absolute atomic E-state index is 11.7. The molecule has 18 heavy (non-hydrogen) atoms. The zero-order valence-electron chi connectivity index (χ0n) is 11.7. The van der Waals surface area contributed by atoms with Gasteiger partial charge in [0.1, 0.15) is 0 Å². The Bertz CT molecular complexity index is 274. The van der Waals surface area contributed by atoms with Crippen molar-refractivity contribution in [2.45, 2.75) is 64.1 Å². The minimum Gasteiger partial charge on any atom is -0.353 e. The molecule has 1 amide bonds. The summed E-state index contributed by atoms with van der Waals surface area (Å²) >= 11 is 0. The van der Waals surface area contributed by atoms with Gasteiger partial charge in [-0.2, -0.15) is 0 Å². The van der Waals surface area contributed by atoms with Gasteiger partial charge in [-0.25, -0.2) is 0 Å². The molecule has 1 heterocycles. The van der Waals surface area contributed by atoms with E-state index in [1.807, 2.05) is 6.92 Å². The van der Waals surface area contributed by atoms with Crippen molar-refractivity contribution in [1.82, 2.24) is 15.5 Å². The Hall–Kier alpha value is -0.610. The number of amides is 1. The van der Waals surface area contributed by atoms with Gasteiger partial charge in [0.05, 0.1) is 6.04 Å². The van der Waals surface area contributed by atoms with E-state index < -0.39 is 0 Å². The van der Waals surface area contributed by atoms with E-state index in [4.69, 9.17) is 0 Å². The molecule has 1 unspecified atom stereocenters. The Morgan fingerprint density at radius 3 is 2.72 bits per heavy atom. The molecule has 2 aliphatic rings. The van der Waals surface area contributed by atoms with Gasteiger partial charge < -0.3 is 10.6 Å². The molecule has 2 rings (SSSR count). The van der Waals surface area contributed by atoms with Crippen molar-refractivity contribution in [2.24, 2.45) is 0 Å². The fraction of sp³-hybridized carbons (Fsp3) is 0.929. The quantitative estimate of drug-likeness (QED) is 0.789. The van der Waals surface area contributed by atoms with Crippen molar-refractivity contribution >= 4 is 5.91 Å². The Kier molecular flexibility index (Phi) is 5.01. The van der Waals surface area contributed by atoms with Crippen LogP contribution < -0.4 is 10.6 Å². The van der Waals surface area contributed by atoms with E-state index in [2.05, 4.69) is 22.5 Å². The first-order valence-corrected chi connectivity index (χ1v) is 7.49. The third kappa shape index (κ3) is 3.23. The van der Waals surface area contributed by atoms with Crippen LogP contribution in [-0.4, -0.2) is 48.6 Å². The predicted octanol–water partition coefficient (Wildman–Crippen LogP) is 1.12. The van der Waals surface area contributed by atoms with E-state index in [0.29, 0.717) is 12.1 Å². The largest absolute Gasteiger partial charge is 0.353 e. The molecule has 0 bridgehead atoms. The number of hydrogen-bond acceptors (Lipinski definition) is 3. The van der Waals surface area contributed by atoms with Crippen LogP contribution in [0.25, 0.3) is 0 Å². The molecule has 4 nitrogen and oxygen atoms in total. The summed E-state index contributed by atoms with van der Waals surface area (Å²) < 4.78 is 0. The lowest BCUT2D eigenvalue weighted by Crippen LogP contribution is -2.58. The third-order valence-corrected chi connectivity index (χ3v) is 4.39. The Labute approximate surface area is 110 Å². The molecule has 1 atom stereocenters. The molecule has 0 aromatic heterocycles. The lowest BCUT2D eigenvalue weighted by Gasteiger charge is -2.42. The molecular formula is C14H27N3O. The topological polar surface area (TPSA) is 44.4 Å². The SMILES string of the molecule is CCCNC1CCC(N2CCNC(=O)C2C)CC1. The maximum Gasteiger partial charge on any atom is 0.237 e. The van der Waals surface area contributed by atoms with Gasteiger partial charge in [0.25, 0.3) is 0 Å². The number of hydrogen-bond donors (Lipinski definition) is 2. The zero-order chi connectivity index (χ0) is 13.0. The first-order chi connectivity index (χ1) is 8.72. The van der Waals surface area contributed by atoms with Gasteiger partial charge in [0.15, 0.2) is 0 Å². The van der Waals surface area contributed by atoms with E-state index in [1.165, 1.54) is 32.1 Å². The highest BCUT2D eigenvalue weighted by Crippen LogP contribution is 2.25. The second kappa shape index (κ2) is 6.53. The van der Waals surface area contributed by atoms with Crippen LogP contribution in [-0.2, 0) is 4.79 Å². The highest BCUT2D eigenvalue weighted by atomic mass is 16.2. The fourth-order valence-electron chi connectivity index (χ4n) is 3.26. The van der Waals surface area contributed by atoms with Gasteiger partial charge in [-0.05, 0) is 45.6 Å². The molecule has 0 radical (unpaired) electrons. The monoisotopic (exact) mass is 253 g/mol. The summed E-state index contributed by atoms with van der Waals surface area (Å²) in [5, 5.41) is 6.56. The molecule has 1 aliphatic carbocycles. The lowest BCUT2D eigenvalue weighted by molar-refractivity contribution is -0.129. The van der Waals surface area contributed by atoms with Crippen LogP contribution in [0.4, 0.5) is 0 Å². The molecule has 2 N–H and O–H groups in total. The normalized spacial score (nSPS) is 34.3. The van der Waals surface area contributed by atoms with E-state index in [0.717, 1.165) is 19.6 Å². The van der Waals surface area contributed by atoms with Gasteiger partial charge in [0.2, 0.25) is 5.91 Å². The van der Waals surface area contributed by atoms with Crippen molar-refractivity contribution in [3.05, 3.63) is 0 Å². The third-order valence-electron chi connectivity index (χ3n) is 4.39. The number of nitrogens with zero attached hydrogens (tertiary/aromatic N) is 1. The molecule has 2 fully saturated rings. The van der Waals surface area contributed by atoms with Gasteiger partial charge in [-0.15, -0.1) is 0 Å². The van der Waals surface area contributed by atoms with E-state index in [1.54, 1.807) is 0 Å². The van der Waals surface area contributed by atoms with Crippen molar-refractivity contribution in [3.8, 4) is 0 Å². The summed E-state index contributed by atoms with van der Waals surface area (Å²) in [6.45, 7) is 7.22. The van der Waals surface area contributed by atoms with E-state index >= 15 is 0 Å². The smallest absolute Gasteiger partial charge is 0.237 e. The molecule has 104 valence electrons. The van der Waals surface area contributed by atoms with Crippen LogP contribution in [0.2, 0.25) is 0 Å². The van der Waals surface area contributed by atoms with E-state index in [9.17, 15) is 4.79 Å². The first kappa shape index (κ1) is 13.8. The average molecular weight is 253 g/mol. The Balaban J connectivity index is 1.80. The van der Waals surface area contributed by atoms with Gasteiger partial charge in [0, 0.05) is 25.2 Å². The molecule has 4 heteroatoms. The summed E-state index contributed by atoms with van der Waals surface area (Å²) in [7, 11) is 0. The summed E-state index contributed by atoms with van der Waals surface area (Å²) in [6, 6.07) is 1.38. The minimum absolute atomic E-state index is 0.0592. The second-order valence-corrected chi connectivity index (χ2v) is 5.66. The number of carbonyl (C=O) groups is 1. The lowest BCUT2D eigenvalue weighted by atomic mass is 9.89. The highest BCUT2D eigenvalue weighted by Gasteiger charge is 2.33. The van der Waals surface area contributed by atoms with Crippen molar-refractivity contribution in [1.29, 1.82) is 0 Å². The van der Waals surface area contributed by atoms with Gasteiger partial charge in [-0.1, -0.05) is 6.92 Å². The summed E-state index contributed by atoms with van der Waals surface area (Å²) in [5.74, 6) is 0.201. The summed E-state index contributed by atoms with van der Waals surface area (Å²) in [4.78, 5) is 14.1. The molecule has 1 saturated carbocycles. The number of piperazine rings is 1. The Morgan fingerprint density at radius 1 is 1.33 bits per heavy atom. The standard InChI is InChI=1S/C14H27N3O/c1-3-8-15-12-4-6-13(7-5-12)17-10-9-16-14(18)11(17)2/h11-13,15H,3-10H2,1-2H3,(H,16,18). The van der Waals surface area contributed by atoms with Crippen LogP contribution in [0.5, 0.6) is 0 Å². The molecular weight excluding hydrogens is 226 g/mol. The number of nitrogens with one attached hydrogen (secondary N) is 2. The Morgan fingerprint density at radius 2 is 2.06 bits per heavy atom. The summed E-state index contributed by atoms with van der Waals surface area (Å²) in [5.41, 5.74) is 0. The van der Waals surface area contributed by atoms with Crippen molar-refractivity contribution < 1.29 is 4.79 Å². The molecule has 0 aromatic rings. The molecule has 1 saturated heterocycles. The van der Waals surface area contributed by atoms with Gasteiger partial charge >= 0.3 is 0 Å². The molecule has 0 aromatic carbocycles. The van der Waals surface area contributed by atoms with Crippen molar-refractivity contribution in [2.75, 3.05) is 19.6 Å². The number of rotatable bonds is 4. The second-order valence-electron chi connectivity index (χ2n) is 5.66. The van der Waals surface area contributed by atoms with Gasteiger partial charge in [-0.3, -0.25) is 9.69 Å². The first-order valence-electron chi connectivity index (χ1n) is 7.49. The zero-order valence-corrected chi connectivity index (χ0v) is 11.7. The van der Waals surface area contributed by atoms with E-state index in [-0.39, 0.29) is 11.9 Å². The molecule has 1 aliphatic heterocycles. The van der Waals surface area contributed by atoms with Crippen LogP contribution in [0.3, 0.4) is 0 Å². The molecule has 0 spiro atoms.